The van der Waals surface area contributed by atoms with E-state index in [1.165, 1.54) is 0 Å². The first-order chi connectivity index (χ1) is 8.20. The molecule has 1 atom stereocenters. The first kappa shape index (κ1) is 11.0. The maximum atomic E-state index is 11.9. The van der Waals surface area contributed by atoms with E-state index < -0.39 is 5.60 Å². The van der Waals surface area contributed by atoms with Crippen molar-refractivity contribution < 1.29 is 14.3 Å². The van der Waals surface area contributed by atoms with Crippen molar-refractivity contribution in [3.8, 4) is 0 Å². The molecule has 0 N–H and O–H groups in total. The number of anilines is 1. The second-order valence-corrected chi connectivity index (χ2v) is 5.25. The van der Waals surface area contributed by atoms with Gasteiger partial charge < -0.3 is 9.47 Å². The number of halogens is 1. The summed E-state index contributed by atoms with van der Waals surface area (Å²) in [4.78, 5) is 13.6. The molecule has 1 spiro atoms. The molecular formula is C12H12BrNO3. The van der Waals surface area contributed by atoms with E-state index in [9.17, 15) is 4.79 Å². The van der Waals surface area contributed by atoms with Gasteiger partial charge in [0.05, 0.1) is 25.4 Å². The van der Waals surface area contributed by atoms with Crippen LogP contribution >= 0.6 is 15.9 Å². The van der Waals surface area contributed by atoms with Crippen molar-refractivity contribution in [2.45, 2.75) is 12.0 Å². The lowest BCUT2D eigenvalue weighted by atomic mass is 10.0. The summed E-state index contributed by atoms with van der Waals surface area (Å²) >= 11 is 3.45. The standard InChI is InChI=1S/C12H12BrNO3/c13-9-3-1-2-4-10(9)14-7-12(17-11(14)15)5-6-16-8-12/h1-4H,5-8H2. The Morgan fingerprint density at radius 3 is 2.88 bits per heavy atom. The molecule has 3 rings (SSSR count). The molecule has 2 saturated heterocycles. The van der Waals surface area contributed by atoms with Gasteiger partial charge in [0.15, 0.2) is 5.60 Å². The Morgan fingerprint density at radius 2 is 2.18 bits per heavy atom. The molecule has 5 heteroatoms. The van der Waals surface area contributed by atoms with Crippen LogP contribution in [0, 0.1) is 0 Å². The van der Waals surface area contributed by atoms with Gasteiger partial charge in [-0.15, -0.1) is 0 Å². The Balaban J connectivity index is 1.90. The molecule has 0 aliphatic carbocycles. The van der Waals surface area contributed by atoms with Crippen molar-refractivity contribution in [2.24, 2.45) is 0 Å². The third-order valence-electron chi connectivity index (χ3n) is 3.18. The quantitative estimate of drug-likeness (QED) is 0.800. The highest BCUT2D eigenvalue weighted by Gasteiger charge is 2.48. The number of nitrogens with zero attached hydrogens (tertiary/aromatic N) is 1. The zero-order valence-electron chi connectivity index (χ0n) is 9.19. The molecule has 2 aliphatic heterocycles. The van der Waals surface area contributed by atoms with Crippen LogP contribution in [0.2, 0.25) is 0 Å². The molecule has 0 aromatic heterocycles. The predicted molar refractivity (Wildman–Crippen MR) is 66.1 cm³/mol. The van der Waals surface area contributed by atoms with E-state index in [4.69, 9.17) is 9.47 Å². The highest BCUT2D eigenvalue weighted by molar-refractivity contribution is 9.10. The molecule has 17 heavy (non-hydrogen) atoms. The minimum Gasteiger partial charge on any atom is -0.438 e. The Morgan fingerprint density at radius 1 is 1.35 bits per heavy atom. The van der Waals surface area contributed by atoms with Crippen LogP contribution in [0.4, 0.5) is 10.5 Å². The van der Waals surface area contributed by atoms with Gasteiger partial charge in [0.25, 0.3) is 0 Å². The lowest BCUT2D eigenvalue weighted by Crippen LogP contribution is -2.34. The molecule has 1 unspecified atom stereocenters. The van der Waals surface area contributed by atoms with Crippen LogP contribution in [0.3, 0.4) is 0 Å². The van der Waals surface area contributed by atoms with Crippen molar-refractivity contribution in [1.29, 1.82) is 0 Å². The second-order valence-electron chi connectivity index (χ2n) is 4.39. The number of para-hydroxylation sites is 1. The van der Waals surface area contributed by atoms with Crippen molar-refractivity contribution in [1.82, 2.24) is 0 Å². The molecule has 4 nitrogen and oxygen atoms in total. The van der Waals surface area contributed by atoms with Gasteiger partial charge >= 0.3 is 6.09 Å². The maximum Gasteiger partial charge on any atom is 0.415 e. The molecule has 1 aromatic rings. The Bertz CT molecular complexity index is 457. The van der Waals surface area contributed by atoms with Gasteiger partial charge in [-0.05, 0) is 28.1 Å². The summed E-state index contributed by atoms with van der Waals surface area (Å²) in [5, 5.41) is 0. The van der Waals surface area contributed by atoms with Crippen molar-refractivity contribution in [3.05, 3.63) is 28.7 Å². The maximum absolute atomic E-state index is 11.9. The fraction of sp³-hybridized carbons (Fsp3) is 0.417. The van der Waals surface area contributed by atoms with E-state index in [0.29, 0.717) is 19.8 Å². The normalized spacial score (nSPS) is 27.8. The van der Waals surface area contributed by atoms with Gasteiger partial charge in [0.1, 0.15) is 0 Å². The molecule has 0 radical (unpaired) electrons. The summed E-state index contributed by atoms with van der Waals surface area (Å²) in [7, 11) is 0. The number of carbonyl (C=O) groups is 1. The Hall–Kier alpha value is -1.07. The smallest absolute Gasteiger partial charge is 0.415 e. The van der Waals surface area contributed by atoms with E-state index in [0.717, 1.165) is 16.6 Å². The van der Waals surface area contributed by atoms with Gasteiger partial charge in [-0.1, -0.05) is 12.1 Å². The van der Waals surface area contributed by atoms with Crippen LogP contribution in [0.25, 0.3) is 0 Å². The number of ether oxygens (including phenoxy) is 2. The molecule has 2 aliphatic rings. The molecular weight excluding hydrogens is 286 g/mol. The summed E-state index contributed by atoms with van der Waals surface area (Å²) in [5.41, 5.74) is 0.410. The van der Waals surface area contributed by atoms with Crippen LogP contribution < -0.4 is 4.90 Å². The number of amides is 1. The molecule has 0 saturated carbocycles. The van der Waals surface area contributed by atoms with Gasteiger partial charge in [-0.3, -0.25) is 4.90 Å². The average molecular weight is 298 g/mol. The number of hydrogen-bond acceptors (Lipinski definition) is 3. The SMILES string of the molecule is O=C1OC2(CCOC2)CN1c1ccccc1Br. The van der Waals surface area contributed by atoms with Crippen LogP contribution in [-0.2, 0) is 9.47 Å². The summed E-state index contributed by atoms with van der Waals surface area (Å²) < 4.78 is 11.7. The third-order valence-corrected chi connectivity index (χ3v) is 3.85. The zero-order valence-corrected chi connectivity index (χ0v) is 10.8. The first-order valence-corrected chi connectivity index (χ1v) is 6.32. The van der Waals surface area contributed by atoms with E-state index >= 15 is 0 Å². The Kier molecular flexibility index (Phi) is 2.60. The van der Waals surface area contributed by atoms with E-state index in [1.54, 1.807) is 4.90 Å². The first-order valence-electron chi connectivity index (χ1n) is 5.53. The molecule has 1 aromatic carbocycles. The Labute approximate surface area is 108 Å². The van der Waals surface area contributed by atoms with Crippen LogP contribution in [-0.4, -0.2) is 31.5 Å². The van der Waals surface area contributed by atoms with Gasteiger partial charge in [-0.2, -0.15) is 0 Å². The van der Waals surface area contributed by atoms with E-state index in [1.807, 2.05) is 24.3 Å². The fourth-order valence-electron chi connectivity index (χ4n) is 2.27. The van der Waals surface area contributed by atoms with Gasteiger partial charge in [0, 0.05) is 10.9 Å². The third kappa shape index (κ3) is 1.83. The molecule has 2 fully saturated rings. The number of benzene rings is 1. The predicted octanol–water partition coefficient (Wildman–Crippen LogP) is 2.56. The number of rotatable bonds is 1. The average Bonchev–Trinajstić information content (AvgIpc) is 2.88. The summed E-state index contributed by atoms with van der Waals surface area (Å²) in [5.74, 6) is 0. The highest BCUT2D eigenvalue weighted by Crippen LogP contribution is 2.36. The fourth-order valence-corrected chi connectivity index (χ4v) is 2.77. The highest BCUT2D eigenvalue weighted by atomic mass is 79.9. The topological polar surface area (TPSA) is 38.8 Å². The number of carbonyl (C=O) groups excluding carboxylic acids is 1. The van der Waals surface area contributed by atoms with Gasteiger partial charge in [-0.25, -0.2) is 4.79 Å². The van der Waals surface area contributed by atoms with Crippen LogP contribution in [0.1, 0.15) is 6.42 Å². The van der Waals surface area contributed by atoms with Gasteiger partial charge in [0.2, 0.25) is 0 Å². The van der Waals surface area contributed by atoms with Crippen LogP contribution in [0.15, 0.2) is 28.7 Å². The molecule has 1 amide bonds. The second kappa shape index (κ2) is 3.99. The monoisotopic (exact) mass is 297 g/mol. The lowest BCUT2D eigenvalue weighted by Gasteiger charge is -2.18. The summed E-state index contributed by atoms with van der Waals surface area (Å²) in [6.07, 6.45) is 0.488. The zero-order chi connectivity index (χ0) is 11.9. The molecule has 90 valence electrons. The minimum absolute atomic E-state index is 0.289. The van der Waals surface area contributed by atoms with Crippen molar-refractivity contribution >= 4 is 27.7 Å². The molecule has 2 heterocycles. The lowest BCUT2D eigenvalue weighted by molar-refractivity contribution is 0.0435. The number of hydrogen-bond donors (Lipinski definition) is 0. The molecule has 0 bridgehead atoms. The van der Waals surface area contributed by atoms with Crippen LogP contribution in [0.5, 0.6) is 0 Å². The largest absolute Gasteiger partial charge is 0.438 e. The van der Waals surface area contributed by atoms with E-state index in [-0.39, 0.29) is 6.09 Å². The van der Waals surface area contributed by atoms with Crippen molar-refractivity contribution in [2.75, 3.05) is 24.7 Å². The minimum atomic E-state index is -0.438. The summed E-state index contributed by atoms with van der Waals surface area (Å²) in [6, 6.07) is 7.64. The van der Waals surface area contributed by atoms with Crippen molar-refractivity contribution in [3.63, 3.8) is 0 Å². The van der Waals surface area contributed by atoms with E-state index in [2.05, 4.69) is 15.9 Å². The summed E-state index contributed by atoms with van der Waals surface area (Å²) in [6.45, 7) is 1.73.